The van der Waals surface area contributed by atoms with Gasteiger partial charge in [-0.25, -0.2) is 19.2 Å². The van der Waals surface area contributed by atoms with Crippen LogP contribution in [0, 0.1) is 68.6 Å². The number of rotatable bonds is 22. The van der Waals surface area contributed by atoms with Crippen LogP contribution in [0.15, 0.2) is 84.9 Å². The van der Waals surface area contributed by atoms with Crippen molar-refractivity contribution in [2.45, 2.75) is 141 Å². The number of anilines is 4. The van der Waals surface area contributed by atoms with Crippen molar-refractivity contribution >= 4 is 182 Å². The van der Waals surface area contributed by atoms with Crippen molar-refractivity contribution in [2.75, 3.05) is 74.6 Å². The number of hydrogen-bond acceptors (Lipinski definition) is 20. The second-order valence-corrected chi connectivity index (χ2v) is 31.0. The van der Waals surface area contributed by atoms with Gasteiger partial charge in [0, 0.05) is 73.4 Å². The predicted molar refractivity (Wildman–Crippen MR) is 427 cm³/mol. The number of aliphatic carboxylic acids is 1. The molecule has 6 amide bonds. The molecule has 108 heavy (non-hydrogen) atoms. The van der Waals surface area contributed by atoms with E-state index in [-0.39, 0.29) is 168 Å². The fourth-order valence-corrected chi connectivity index (χ4v) is 13.0. The second kappa shape index (κ2) is 58.6. The number of carbonyl (C=O) groups is 10. The van der Waals surface area contributed by atoms with Gasteiger partial charge in [0.05, 0.1) is 67.7 Å². The number of nitrogen functional groups attached to an aromatic ring is 1. The molecule has 37 heteroatoms. The zero-order valence-electron chi connectivity index (χ0n) is 62.6. The number of methoxy groups -OCH3 is 2. The monoisotopic (exact) mass is 1900 g/mol. The first kappa shape index (κ1) is 109. The largest absolute Gasteiger partial charge is 1.00 e. The topological polar surface area (TPSA) is 386 Å². The maximum Gasteiger partial charge on any atom is 1.00 e. The minimum absolute atomic E-state index is 0. The molecule has 0 bridgehead atoms. The Hall–Kier alpha value is -5.26. The van der Waals surface area contributed by atoms with E-state index < -0.39 is 41.9 Å². The van der Waals surface area contributed by atoms with E-state index in [0.717, 1.165) is 57.3 Å². The first-order valence-corrected chi connectivity index (χ1v) is 36.2. The van der Waals surface area contributed by atoms with Gasteiger partial charge in [-0.3, -0.25) is 28.8 Å². The summed E-state index contributed by atoms with van der Waals surface area (Å²) in [4.78, 5) is 121. The summed E-state index contributed by atoms with van der Waals surface area (Å²) in [5.74, 6) is -2.79. The summed E-state index contributed by atoms with van der Waals surface area (Å²) in [6.45, 7) is 22.2. The maximum absolute atomic E-state index is 12.9. The Kier molecular flexibility index (Phi) is 59.2. The van der Waals surface area contributed by atoms with Gasteiger partial charge in [-0.05, 0) is 156 Å². The number of quaternary nitrogens is 1. The molecular weight excluding hydrogens is 1800 g/mol. The van der Waals surface area contributed by atoms with Crippen LogP contribution in [0.5, 0.6) is 0 Å². The van der Waals surface area contributed by atoms with E-state index in [1.54, 1.807) is 58.3 Å². The number of nitrogens with one attached hydrogen (secondary N) is 4. The Morgan fingerprint density at radius 2 is 0.917 bits per heavy atom. The van der Waals surface area contributed by atoms with Crippen molar-refractivity contribution in [1.29, 1.82) is 2.67 Å². The number of aromatic carboxylic acids is 1. The number of hydrogen-bond donors (Lipinski definition) is 8. The minimum Gasteiger partial charge on any atom is -1.00 e. The molecule has 597 valence electrons. The van der Waals surface area contributed by atoms with Crippen LogP contribution in [0.4, 0.5) is 22.7 Å². The molecule has 6 heterocycles. The van der Waals surface area contributed by atoms with Crippen LogP contribution in [-0.2, 0) is 47.7 Å². The summed E-state index contributed by atoms with van der Waals surface area (Å²) < 4.78 is 33.0. The summed E-state index contributed by atoms with van der Waals surface area (Å²) in [7, 11) is 3.20. The summed E-state index contributed by atoms with van der Waals surface area (Å²) in [5, 5.41) is 28.2. The van der Waals surface area contributed by atoms with Crippen molar-refractivity contribution in [1.82, 2.24) is 16.0 Å². The quantitative estimate of drug-likeness (QED) is 0.0195. The van der Waals surface area contributed by atoms with Gasteiger partial charge in [-0.1, -0.05) is 124 Å². The Morgan fingerprint density at radius 3 is 1.23 bits per heavy atom. The first-order chi connectivity index (χ1) is 48.4. The Balaban J connectivity index is -0.000000302. The third kappa shape index (κ3) is 41.9. The molecule has 0 spiro atoms. The molecule has 8 rings (SSSR count). The fourth-order valence-electron chi connectivity index (χ4n) is 9.27. The van der Waals surface area contributed by atoms with Gasteiger partial charge in [0.15, 0.2) is 6.04 Å². The summed E-state index contributed by atoms with van der Waals surface area (Å²) >= 11 is 27.4. The third-order valence-corrected chi connectivity index (χ3v) is 18.8. The molecule has 6 aromatic rings. The van der Waals surface area contributed by atoms with E-state index in [0.29, 0.717) is 97.5 Å². The number of benzene rings is 2. The number of morpholine rings is 2. The number of carboxylic acids is 2. The number of aryl methyl sites for hydroxylation is 2. The number of amides is 6. The average Bonchev–Trinajstić information content (AvgIpc) is 1.23. The summed E-state index contributed by atoms with van der Waals surface area (Å²) in [6, 6.07) is 21.4. The van der Waals surface area contributed by atoms with Crippen molar-refractivity contribution in [3.05, 3.63) is 133 Å². The van der Waals surface area contributed by atoms with Crippen LogP contribution in [0.3, 0.4) is 0 Å². The van der Waals surface area contributed by atoms with Gasteiger partial charge in [0.1, 0.15) is 36.2 Å². The Bertz CT molecular complexity index is 3760. The summed E-state index contributed by atoms with van der Waals surface area (Å²) in [6.07, 6.45) is 2.24. The molecule has 4 atom stereocenters. The van der Waals surface area contributed by atoms with Crippen LogP contribution in [-0.4, -0.2) is 164 Å². The standard InChI is InChI=1S/C22H26ClN3O4S.C12H16ClNO3S.C11H14ClNO3S.C11H14N2O2.C7H15NO2.C5H3ClO2S.3CH4.BH2.ClH.Li.H2O.U/c1-13(2)10-16(25-22(29)18-6-7-19(23)31-18)21(28)24-15-4-5-17(14(3)11-15)26-8-9-30-12-20(26)27;1-7(2)6-8(12(16)17-3)14-11(15)9-4-5-10(13)18-9;1-6(2)5-7(11(15)16)13-10(14)8-3-4-9(12)17-8;1-8-6-9(12)2-3-10(8)13-4-5-15-7-11(13)14;1-5(2)4-6(8)7(9)10-3;6-4-2-1-3(9-4)5(7)8;;;;;;;;/h4-7,11,13,16H,8-10,12H2,1-3H3,(H,24,28)(H,25,29);4-5,7-8H,6H2,1-3H3,(H,14,15);3-4,6-7H,5H2,1-2H3,(H,13,14)(H,15,16);2-3,6H,4-5,7,12H2,1H3;5-6H,4,8H2,1-3H3;1-2H,(H,7,8);3*1H4;1H2;1H;;1H2;/q;;;;;;;;;;;+1;;/p-1/t16-;8-;7-;;6-;;;;;;;;;/m111.1........./s1/i;;;;;;;;;1T2;;;;. The van der Waals surface area contributed by atoms with Gasteiger partial charge < -0.3 is 89.6 Å². The maximum atomic E-state index is 12.9. The molecule has 25 nitrogen and oxygen atoms in total. The molecule has 12 N–H and O–H groups in total. The van der Waals surface area contributed by atoms with E-state index in [1.165, 1.54) is 43.0 Å². The molecule has 2 aromatic carbocycles. The van der Waals surface area contributed by atoms with Crippen molar-refractivity contribution < 1.29 is 151 Å². The molecule has 0 unspecified atom stereocenters. The predicted octanol–water partition coefficient (Wildman–Crippen LogP) is 6.89. The molecular formula is C71H104BCl5LiN8O17S4U. The van der Waals surface area contributed by atoms with Crippen LogP contribution in [0.2, 0.25) is 17.3 Å². The van der Waals surface area contributed by atoms with E-state index >= 15 is 0 Å². The number of nitrogens with zero attached hydrogens (tertiary/aromatic N) is 2. The van der Waals surface area contributed by atoms with Crippen LogP contribution < -0.4 is 73.8 Å². The molecule has 1 radical (unpaired) electrons. The second-order valence-electron chi connectivity index (χ2n) is 24.1. The Labute approximate surface area is 717 Å². The molecule has 0 aliphatic carbocycles. The van der Waals surface area contributed by atoms with Gasteiger partial charge in [0.25, 0.3) is 29.5 Å². The minimum atomic E-state index is -1.02. The number of esters is 2. The van der Waals surface area contributed by atoms with Crippen molar-refractivity contribution in [3.63, 3.8) is 0 Å². The number of halogens is 5. The van der Waals surface area contributed by atoms with Crippen LogP contribution in [0.1, 0.15) is 153 Å². The first-order valence-electron chi connectivity index (χ1n) is 32.6. The van der Waals surface area contributed by atoms with E-state index in [9.17, 15) is 47.9 Å². The van der Waals surface area contributed by atoms with Gasteiger partial charge >= 0.3 is 42.7 Å². The number of nitrogens with two attached hydrogens (primary N) is 1. The zero-order chi connectivity index (χ0) is 77.8. The molecule has 0 saturated carbocycles. The number of carbonyl (C=O) groups excluding carboxylic acids is 8. The van der Waals surface area contributed by atoms with Gasteiger partial charge in [-0.2, -0.15) is 0 Å². The van der Waals surface area contributed by atoms with Gasteiger partial charge in [0.2, 0.25) is 5.91 Å². The van der Waals surface area contributed by atoms with Crippen LogP contribution in [0.25, 0.3) is 0 Å². The molecule has 2 aliphatic rings. The smallest absolute Gasteiger partial charge is 1.00 e. The Morgan fingerprint density at radius 1 is 0.574 bits per heavy atom. The average molecular weight is 1910 g/mol. The normalized spacial score (nSPS) is 12.9. The van der Waals surface area contributed by atoms with Gasteiger partial charge in [-0.15, -0.1) is 45.3 Å². The van der Waals surface area contributed by atoms with E-state index in [4.69, 9.17) is 74.5 Å². The zero-order valence-corrected chi connectivity index (χ0v) is 71.8. The SMILES string of the molecule is C.C.C.CC(C)C[C@@H](NC(=O)c1ccc(Cl)s1)C(=O)O.COC(=O)[C@@H](CC(C)C)NC(=O)c1ccc(Cl)s1.COC(=O)[C@H]([NH3+])CC(C)C.Cc1cc(N)ccc1N1CCOCC1=O.Cc1cc(NC(=O)[C@@H](CC(C)C)NC(=O)c2ccc(Cl)s2)ccc1N1CCOCC1=O.O=C(O)c1ccc(Cl)s1.[3H][B][3H].[Cl-].[Li+].[OH-].[U]. The van der Waals surface area contributed by atoms with E-state index in [1.807, 2.05) is 85.7 Å². The van der Waals surface area contributed by atoms with Crippen molar-refractivity contribution in [2.24, 2.45) is 23.7 Å². The fraction of sp³-hybridized carbons (Fsp3) is 0.465. The molecule has 2 fully saturated rings. The number of ether oxygens (including phenoxy) is 4. The molecule has 2 saturated heterocycles. The molecule has 4 aromatic heterocycles. The molecule has 2 aliphatic heterocycles. The van der Waals surface area contributed by atoms with Crippen LogP contribution >= 0.6 is 91.8 Å². The third-order valence-electron chi connectivity index (χ3n) is 13.8. The summed E-state index contributed by atoms with van der Waals surface area (Å²) in [5.41, 5.74) is 14.3. The number of thiophene rings is 4. The van der Waals surface area contributed by atoms with Crippen molar-refractivity contribution in [3.8, 4) is 0 Å². The number of carboxylic acid groups (broad SMARTS) is 2. The van der Waals surface area contributed by atoms with E-state index in [2.05, 4.69) is 50.3 Å².